The van der Waals surface area contributed by atoms with E-state index < -0.39 is 0 Å². The predicted molar refractivity (Wildman–Crippen MR) is 68.1 cm³/mol. The molecule has 1 aliphatic carbocycles. The molecule has 2 rings (SSSR count). The van der Waals surface area contributed by atoms with Crippen molar-refractivity contribution in [1.82, 2.24) is 0 Å². The van der Waals surface area contributed by atoms with Crippen molar-refractivity contribution in [1.29, 1.82) is 0 Å². The van der Waals surface area contributed by atoms with Gasteiger partial charge < -0.3 is 4.74 Å². The lowest BCUT2D eigenvalue weighted by atomic mass is 9.88. The van der Waals surface area contributed by atoms with Gasteiger partial charge in [0.05, 0.1) is 12.5 Å². The zero-order valence-corrected chi connectivity index (χ0v) is 10.7. The number of benzene rings is 1. The molecule has 1 aromatic carbocycles. The molecule has 1 atom stereocenters. The summed E-state index contributed by atoms with van der Waals surface area (Å²) in [5.41, 5.74) is 3.96. The Balaban J connectivity index is 2.18. The molecule has 0 saturated heterocycles. The number of ether oxygens (including phenoxy) is 1. The van der Waals surface area contributed by atoms with Crippen LogP contribution < -0.4 is 0 Å². The third-order valence-corrected chi connectivity index (χ3v) is 3.51. The molecule has 1 aliphatic rings. The minimum absolute atomic E-state index is 0.122. The monoisotopic (exact) mass is 232 g/mol. The van der Waals surface area contributed by atoms with E-state index in [1.807, 2.05) is 13.8 Å². The fraction of sp³-hybridized carbons (Fsp3) is 0.533. The molecule has 0 amide bonds. The van der Waals surface area contributed by atoms with Crippen molar-refractivity contribution in [2.75, 3.05) is 6.61 Å². The Hall–Kier alpha value is -1.31. The highest BCUT2D eigenvalue weighted by atomic mass is 16.5. The first-order chi connectivity index (χ1) is 8.22. The fourth-order valence-electron chi connectivity index (χ4n) is 2.43. The number of aryl methyl sites for hydroxylation is 2. The van der Waals surface area contributed by atoms with Gasteiger partial charge in [-0.2, -0.15) is 0 Å². The average molecular weight is 232 g/mol. The van der Waals surface area contributed by atoms with E-state index >= 15 is 0 Å². The highest BCUT2D eigenvalue weighted by Crippen LogP contribution is 2.26. The van der Waals surface area contributed by atoms with Crippen LogP contribution in [0.15, 0.2) is 18.2 Å². The van der Waals surface area contributed by atoms with Crippen molar-refractivity contribution in [2.45, 2.75) is 45.4 Å². The Kier molecular flexibility index (Phi) is 3.82. The topological polar surface area (TPSA) is 26.3 Å². The second-order valence-corrected chi connectivity index (χ2v) is 4.71. The third-order valence-electron chi connectivity index (χ3n) is 3.51. The van der Waals surface area contributed by atoms with Gasteiger partial charge in [-0.15, -0.1) is 0 Å². The smallest absolute Gasteiger partial charge is 0.313 e. The van der Waals surface area contributed by atoms with Crippen molar-refractivity contribution >= 4 is 5.97 Å². The van der Waals surface area contributed by atoms with Crippen LogP contribution >= 0.6 is 0 Å². The van der Waals surface area contributed by atoms with Crippen LogP contribution in [0.3, 0.4) is 0 Å². The van der Waals surface area contributed by atoms with Crippen molar-refractivity contribution in [3.63, 3.8) is 0 Å². The number of carbonyl (C=O) groups excluding carboxylic acids is 1. The van der Waals surface area contributed by atoms with E-state index in [9.17, 15) is 4.79 Å². The van der Waals surface area contributed by atoms with Gasteiger partial charge in [-0.1, -0.05) is 18.2 Å². The first kappa shape index (κ1) is 12.2. The number of fused-ring (bicyclic) bond motifs is 1. The standard InChI is InChI=1S/C15H20O2/c1-3-17-15(16)11(2)13-9-8-12-6-4-5-7-14(12)10-13/h8-11H,3-7H2,1-2H3. The van der Waals surface area contributed by atoms with E-state index in [0.29, 0.717) is 6.61 Å². The van der Waals surface area contributed by atoms with Gasteiger partial charge in [-0.25, -0.2) is 0 Å². The molecule has 0 aliphatic heterocycles. The molecule has 0 aromatic heterocycles. The lowest BCUT2D eigenvalue weighted by Crippen LogP contribution is -2.14. The number of hydrogen-bond acceptors (Lipinski definition) is 2. The zero-order chi connectivity index (χ0) is 12.3. The second-order valence-electron chi connectivity index (χ2n) is 4.71. The maximum absolute atomic E-state index is 11.7. The van der Waals surface area contributed by atoms with Crippen LogP contribution in [0.5, 0.6) is 0 Å². The van der Waals surface area contributed by atoms with E-state index in [2.05, 4.69) is 18.2 Å². The highest BCUT2D eigenvalue weighted by Gasteiger charge is 2.18. The molecule has 0 bridgehead atoms. The van der Waals surface area contributed by atoms with Gasteiger partial charge in [0.2, 0.25) is 0 Å². The van der Waals surface area contributed by atoms with Crippen LogP contribution in [-0.4, -0.2) is 12.6 Å². The van der Waals surface area contributed by atoms with Crippen LogP contribution in [0.1, 0.15) is 49.3 Å². The summed E-state index contributed by atoms with van der Waals surface area (Å²) in [5, 5.41) is 0. The van der Waals surface area contributed by atoms with Crippen LogP contribution in [0, 0.1) is 0 Å². The van der Waals surface area contributed by atoms with Crippen molar-refractivity contribution in [2.24, 2.45) is 0 Å². The first-order valence-electron chi connectivity index (χ1n) is 6.50. The van der Waals surface area contributed by atoms with Gasteiger partial charge in [0.25, 0.3) is 0 Å². The molecule has 0 radical (unpaired) electrons. The second kappa shape index (κ2) is 5.35. The SMILES string of the molecule is CCOC(=O)C(C)c1ccc2c(c1)CCCC2. The van der Waals surface area contributed by atoms with E-state index in [0.717, 1.165) is 12.0 Å². The normalized spacial score (nSPS) is 16.1. The summed E-state index contributed by atoms with van der Waals surface area (Å²) in [7, 11) is 0. The van der Waals surface area contributed by atoms with Gasteiger partial charge in [-0.3, -0.25) is 4.79 Å². The summed E-state index contributed by atoms with van der Waals surface area (Å²) < 4.78 is 5.06. The van der Waals surface area contributed by atoms with Gasteiger partial charge in [0, 0.05) is 0 Å². The zero-order valence-electron chi connectivity index (χ0n) is 10.7. The number of rotatable bonds is 3. The maximum Gasteiger partial charge on any atom is 0.313 e. The van der Waals surface area contributed by atoms with Gasteiger partial charge in [-0.05, 0) is 56.2 Å². The molecule has 0 fully saturated rings. The predicted octanol–water partition coefficient (Wildman–Crippen LogP) is 3.23. The Morgan fingerprint density at radius 2 is 2.00 bits per heavy atom. The van der Waals surface area contributed by atoms with E-state index in [1.165, 1.54) is 30.4 Å². The summed E-state index contributed by atoms with van der Waals surface area (Å²) in [6.07, 6.45) is 4.89. The minimum atomic E-state index is -0.151. The summed E-state index contributed by atoms with van der Waals surface area (Å²) in [5.74, 6) is -0.273. The fourth-order valence-corrected chi connectivity index (χ4v) is 2.43. The maximum atomic E-state index is 11.7. The number of esters is 1. The van der Waals surface area contributed by atoms with E-state index in [1.54, 1.807) is 0 Å². The van der Waals surface area contributed by atoms with Crippen molar-refractivity contribution in [3.05, 3.63) is 34.9 Å². The summed E-state index contributed by atoms with van der Waals surface area (Å²) in [6.45, 7) is 4.22. The molecular formula is C15H20O2. The molecule has 2 heteroatoms. The lowest BCUT2D eigenvalue weighted by molar-refractivity contribution is -0.144. The Morgan fingerprint density at radius 1 is 1.29 bits per heavy atom. The molecule has 1 aromatic rings. The van der Waals surface area contributed by atoms with Gasteiger partial charge in [0.1, 0.15) is 0 Å². The summed E-state index contributed by atoms with van der Waals surface area (Å²) in [6, 6.07) is 6.45. The van der Waals surface area contributed by atoms with Crippen LogP contribution in [0.2, 0.25) is 0 Å². The molecule has 0 N–H and O–H groups in total. The Bertz CT molecular complexity index is 409. The first-order valence-corrected chi connectivity index (χ1v) is 6.50. The van der Waals surface area contributed by atoms with Gasteiger partial charge >= 0.3 is 5.97 Å². The molecule has 2 nitrogen and oxygen atoms in total. The summed E-state index contributed by atoms with van der Waals surface area (Å²) in [4.78, 5) is 11.7. The van der Waals surface area contributed by atoms with Crippen LogP contribution in [0.4, 0.5) is 0 Å². The van der Waals surface area contributed by atoms with E-state index in [4.69, 9.17) is 4.74 Å². The van der Waals surface area contributed by atoms with Crippen LogP contribution in [0.25, 0.3) is 0 Å². The minimum Gasteiger partial charge on any atom is -0.466 e. The number of hydrogen-bond donors (Lipinski definition) is 0. The molecule has 17 heavy (non-hydrogen) atoms. The van der Waals surface area contributed by atoms with Crippen LogP contribution in [-0.2, 0) is 22.4 Å². The van der Waals surface area contributed by atoms with Crippen molar-refractivity contribution in [3.8, 4) is 0 Å². The molecular weight excluding hydrogens is 212 g/mol. The molecule has 0 spiro atoms. The van der Waals surface area contributed by atoms with E-state index in [-0.39, 0.29) is 11.9 Å². The Morgan fingerprint density at radius 3 is 2.71 bits per heavy atom. The highest BCUT2D eigenvalue weighted by molar-refractivity contribution is 5.77. The molecule has 92 valence electrons. The van der Waals surface area contributed by atoms with Gasteiger partial charge in [0.15, 0.2) is 0 Å². The largest absolute Gasteiger partial charge is 0.466 e. The van der Waals surface area contributed by atoms with Crippen molar-refractivity contribution < 1.29 is 9.53 Å². The Labute approximate surface area is 103 Å². The average Bonchev–Trinajstić information content (AvgIpc) is 2.37. The quantitative estimate of drug-likeness (QED) is 0.748. The number of carbonyl (C=O) groups is 1. The molecule has 0 heterocycles. The molecule has 1 unspecified atom stereocenters. The lowest BCUT2D eigenvalue weighted by Gasteiger charge is -2.18. The molecule has 0 saturated carbocycles. The third kappa shape index (κ3) is 2.68. The summed E-state index contributed by atoms with van der Waals surface area (Å²) >= 11 is 0.